The van der Waals surface area contributed by atoms with Gasteiger partial charge in [0, 0.05) is 29.2 Å². The minimum Gasteiger partial charge on any atom is -0.508 e. The van der Waals surface area contributed by atoms with Crippen molar-refractivity contribution in [3.05, 3.63) is 131 Å². The van der Waals surface area contributed by atoms with Crippen molar-refractivity contribution < 1.29 is 28.6 Å². The van der Waals surface area contributed by atoms with Crippen LogP contribution in [0, 0.1) is 5.82 Å². The van der Waals surface area contributed by atoms with Crippen LogP contribution in [-0.2, 0) is 22.6 Å². The fraction of sp³-hybridized carbons (Fsp3) is 0.277. The van der Waals surface area contributed by atoms with E-state index >= 15 is 0 Å². The number of nitrogens with one attached hydrogen (secondary N) is 2. The highest BCUT2D eigenvalue weighted by molar-refractivity contribution is 6.31. The number of imidazole rings is 1. The third-order valence-electron chi connectivity index (χ3n) is 10.7. The maximum Gasteiger partial charge on any atom is 0.329 e. The Labute approximate surface area is 357 Å². The Kier molecular flexibility index (Phi) is 11.8. The van der Waals surface area contributed by atoms with Crippen LogP contribution in [-0.4, -0.2) is 58.8 Å². The number of benzene rings is 5. The first-order valence-electron chi connectivity index (χ1n) is 20.3. The molecule has 3 N–H and O–H groups in total. The van der Waals surface area contributed by atoms with Crippen LogP contribution >= 0.6 is 11.6 Å². The Morgan fingerprint density at radius 3 is 2.36 bits per heavy atom. The number of esters is 1. The second kappa shape index (κ2) is 17.6. The van der Waals surface area contributed by atoms with Gasteiger partial charge in [-0.3, -0.25) is 4.79 Å². The number of carbonyl (C=O) groups excluding carboxylic acids is 2. The highest BCUT2D eigenvalue weighted by atomic mass is 35.5. The topological polar surface area (TPSA) is 157 Å². The van der Waals surface area contributed by atoms with Crippen molar-refractivity contribution in [1.29, 1.82) is 0 Å². The summed E-state index contributed by atoms with van der Waals surface area (Å²) < 4.78 is 28.7. The molecule has 0 bridgehead atoms. The predicted octanol–water partition coefficient (Wildman–Crippen LogP) is 9.82. The number of halogens is 2. The summed E-state index contributed by atoms with van der Waals surface area (Å²) in [4.78, 5) is 32.4. The average molecular weight is 842 g/mol. The Bertz CT molecular complexity index is 2670. The van der Waals surface area contributed by atoms with Gasteiger partial charge in [-0.15, -0.1) is 10.2 Å². The normalized spacial score (nSPS) is 13.9. The Morgan fingerprint density at radius 1 is 0.918 bits per heavy atom. The highest BCUT2D eigenvalue weighted by Crippen LogP contribution is 2.38. The van der Waals surface area contributed by atoms with Gasteiger partial charge in [-0.2, -0.15) is 5.21 Å². The van der Waals surface area contributed by atoms with E-state index < -0.39 is 29.3 Å². The molecule has 312 valence electrons. The summed E-state index contributed by atoms with van der Waals surface area (Å²) in [7, 11) is 0. The standard InChI is InChI=1S/C47H45ClFN7O5/c1-47(2,3)61-46(59)41(23-28-9-16-35(57)17-10-28)51-45(58)32-13-20-37(30-14-21-39(49)38(48)25-30)33(24-32)27-60-36-18-11-29(12-19-36)44-50-40-26-31(43-52-54-55-53-43)15-22-42(40)56(44)34-7-5-4-6-8-34/h9-22,24-26,34,41,57H,4-8,23,27H2,1-3H3,(H,51,58)(H,52,53,54,55). The molecule has 1 aliphatic carbocycles. The van der Waals surface area contributed by atoms with Crippen LogP contribution in [0.1, 0.15) is 80.4 Å². The first kappa shape index (κ1) is 41.1. The number of ether oxygens (including phenoxy) is 2. The zero-order valence-electron chi connectivity index (χ0n) is 34.0. The molecular weight excluding hydrogens is 797 g/mol. The second-order valence-corrected chi connectivity index (χ2v) is 16.7. The fourth-order valence-corrected chi connectivity index (χ4v) is 7.95. The molecular formula is C47H45ClFN7O5. The van der Waals surface area contributed by atoms with Crippen molar-refractivity contribution in [3.63, 3.8) is 0 Å². The molecule has 1 aliphatic rings. The van der Waals surface area contributed by atoms with Gasteiger partial charge in [0.25, 0.3) is 5.91 Å². The molecule has 5 aromatic carbocycles. The van der Waals surface area contributed by atoms with Gasteiger partial charge in [-0.25, -0.2) is 14.2 Å². The molecule has 2 heterocycles. The Balaban J connectivity index is 1.07. The van der Waals surface area contributed by atoms with Gasteiger partial charge >= 0.3 is 5.97 Å². The van der Waals surface area contributed by atoms with Crippen LogP contribution in [0.15, 0.2) is 103 Å². The highest BCUT2D eigenvalue weighted by Gasteiger charge is 2.28. The number of rotatable bonds is 12. The number of aromatic hydroxyl groups is 1. The van der Waals surface area contributed by atoms with Crippen molar-refractivity contribution in [2.24, 2.45) is 0 Å². The van der Waals surface area contributed by atoms with E-state index in [0.29, 0.717) is 34.3 Å². The molecule has 0 radical (unpaired) electrons. The Morgan fingerprint density at radius 2 is 1.66 bits per heavy atom. The van der Waals surface area contributed by atoms with Crippen molar-refractivity contribution in [3.8, 4) is 45.4 Å². The lowest BCUT2D eigenvalue weighted by Gasteiger charge is -2.25. The number of aromatic nitrogens is 6. The van der Waals surface area contributed by atoms with Crippen LogP contribution in [0.4, 0.5) is 4.39 Å². The molecule has 1 unspecified atom stereocenters. The van der Waals surface area contributed by atoms with Gasteiger partial charge in [-0.1, -0.05) is 55.1 Å². The predicted molar refractivity (Wildman–Crippen MR) is 231 cm³/mol. The summed E-state index contributed by atoms with van der Waals surface area (Å²) in [5, 5.41) is 27.1. The molecule has 0 spiro atoms. The molecule has 1 saturated carbocycles. The molecule has 14 heteroatoms. The molecule has 61 heavy (non-hydrogen) atoms. The van der Waals surface area contributed by atoms with Crippen molar-refractivity contribution in [2.75, 3.05) is 0 Å². The number of carbonyl (C=O) groups is 2. The van der Waals surface area contributed by atoms with Crippen LogP contribution < -0.4 is 10.1 Å². The number of tetrazole rings is 1. The number of hydrogen-bond acceptors (Lipinski definition) is 9. The quantitative estimate of drug-likeness (QED) is 0.102. The minimum atomic E-state index is -1.02. The SMILES string of the molecule is CC(C)(C)OC(=O)C(Cc1ccc(O)cc1)NC(=O)c1ccc(-c2ccc(F)c(Cl)c2)c(COc2ccc(-c3nc4cc(-c5nn[nH]n5)ccc4n3C3CCCCC3)cc2)c1. The number of amides is 1. The molecule has 1 amide bonds. The molecule has 1 atom stereocenters. The molecule has 12 nitrogen and oxygen atoms in total. The van der Waals surface area contributed by atoms with Crippen LogP contribution in [0.2, 0.25) is 5.02 Å². The van der Waals surface area contributed by atoms with Gasteiger partial charge in [0.15, 0.2) is 0 Å². The maximum atomic E-state index is 14.3. The van der Waals surface area contributed by atoms with E-state index in [1.807, 2.05) is 36.4 Å². The number of H-pyrrole nitrogens is 1. The van der Waals surface area contributed by atoms with E-state index in [4.69, 9.17) is 26.1 Å². The van der Waals surface area contributed by atoms with Crippen LogP contribution in [0.3, 0.4) is 0 Å². The summed E-state index contributed by atoms with van der Waals surface area (Å²) in [6.07, 6.45) is 5.84. The number of nitrogens with zero attached hydrogens (tertiary/aromatic N) is 5. The van der Waals surface area contributed by atoms with Gasteiger partial charge < -0.3 is 24.5 Å². The second-order valence-electron chi connectivity index (χ2n) is 16.3. The monoisotopic (exact) mass is 841 g/mol. The minimum absolute atomic E-state index is 0.0403. The molecule has 8 rings (SSSR count). The first-order chi connectivity index (χ1) is 29.4. The number of phenolic OH excluding ortho intramolecular Hbond substituents is 1. The lowest BCUT2D eigenvalue weighted by molar-refractivity contribution is -0.157. The van der Waals surface area contributed by atoms with Crippen molar-refractivity contribution in [2.45, 2.75) is 83.6 Å². The summed E-state index contributed by atoms with van der Waals surface area (Å²) in [5.41, 5.74) is 5.80. The maximum absolute atomic E-state index is 14.3. The molecule has 1 fully saturated rings. The van der Waals surface area contributed by atoms with E-state index in [9.17, 15) is 19.1 Å². The molecule has 7 aromatic rings. The van der Waals surface area contributed by atoms with Gasteiger partial charge in [-0.05, 0) is 140 Å². The molecule has 2 aromatic heterocycles. The summed E-state index contributed by atoms with van der Waals surface area (Å²) in [6, 6.07) is 29.1. The van der Waals surface area contributed by atoms with Crippen LogP contribution in [0.5, 0.6) is 11.5 Å². The number of phenols is 1. The van der Waals surface area contributed by atoms with Crippen molar-refractivity contribution >= 4 is 34.5 Å². The third kappa shape index (κ3) is 9.57. The fourth-order valence-electron chi connectivity index (χ4n) is 7.77. The third-order valence-corrected chi connectivity index (χ3v) is 11.0. The largest absolute Gasteiger partial charge is 0.508 e. The van der Waals surface area contributed by atoms with E-state index in [-0.39, 0.29) is 29.4 Å². The number of fused-ring (bicyclic) bond motifs is 1. The lowest BCUT2D eigenvalue weighted by Crippen LogP contribution is -2.45. The lowest BCUT2D eigenvalue weighted by atomic mass is 9.95. The van der Waals surface area contributed by atoms with E-state index in [0.717, 1.165) is 59.2 Å². The number of aromatic amines is 1. The zero-order valence-corrected chi connectivity index (χ0v) is 34.7. The molecule has 0 aliphatic heterocycles. The van der Waals surface area contributed by atoms with Gasteiger partial charge in [0.1, 0.15) is 41.4 Å². The van der Waals surface area contributed by atoms with Crippen molar-refractivity contribution in [1.82, 2.24) is 35.5 Å². The van der Waals surface area contributed by atoms with E-state index in [1.165, 1.54) is 30.7 Å². The first-order valence-corrected chi connectivity index (χ1v) is 20.7. The Hall–Kier alpha value is -6.60. The summed E-state index contributed by atoms with van der Waals surface area (Å²) in [5.74, 6) is 0.386. The van der Waals surface area contributed by atoms with E-state index in [1.54, 1.807) is 57.2 Å². The molecule has 0 saturated heterocycles. The smallest absolute Gasteiger partial charge is 0.329 e. The van der Waals surface area contributed by atoms with Gasteiger partial charge in [0.05, 0.1) is 16.1 Å². The summed E-state index contributed by atoms with van der Waals surface area (Å²) in [6.45, 7) is 5.32. The average Bonchev–Trinajstić information content (AvgIpc) is 3.93. The van der Waals surface area contributed by atoms with Gasteiger partial charge in [0.2, 0.25) is 5.82 Å². The zero-order chi connectivity index (χ0) is 42.7. The van der Waals surface area contributed by atoms with Crippen LogP contribution in [0.25, 0.3) is 44.9 Å². The summed E-state index contributed by atoms with van der Waals surface area (Å²) >= 11 is 6.22. The van der Waals surface area contributed by atoms with E-state index in [2.05, 4.69) is 36.6 Å². The number of hydrogen-bond donors (Lipinski definition) is 3.